The van der Waals surface area contributed by atoms with Gasteiger partial charge in [0.05, 0.1) is 0 Å². The number of hydrogen-bond donors (Lipinski definition) is 0. The number of nitrogens with zero attached hydrogens (tertiary/aromatic N) is 4. The molecule has 0 N–H and O–H groups in total. The highest BCUT2D eigenvalue weighted by molar-refractivity contribution is 6.06. The standard InChI is InChI=1S/C10H10N4O2/c1-14(2)10(16)7-3-6-4-11-5-12-8(6)13-9(7)15/h3-5,7H,1-2H3. The third-order valence-electron chi connectivity index (χ3n) is 2.25. The summed E-state index contributed by atoms with van der Waals surface area (Å²) in [7, 11) is 3.20. The fourth-order valence-electron chi connectivity index (χ4n) is 1.42. The first-order chi connectivity index (χ1) is 7.59. The maximum absolute atomic E-state index is 11.7. The van der Waals surface area contributed by atoms with Crippen LogP contribution in [0.4, 0.5) is 0 Å². The van der Waals surface area contributed by atoms with Crippen LogP contribution in [0.1, 0.15) is 0 Å². The van der Waals surface area contributed by atoms with Gasteiger partial charge in [0, 0.05) is 25.5 Å². The predicted octanol–water partition coefficient (Wildman–Crippen LogP) is -1.88. The normalized spacial score (nSPS) is 18.1. The Bertz CT molecular complexity index is 564. The van der Waals surface area contributed by atoms with Crippen molar-refractivity contribution in [2.45, 2.75) is 0 Å². The number of amides is 2. The second-order valence-electron chi connectivity index (χ2n) is 3.63. The molecule has 0 spiro atoms. The van der Waals surface area contributed by atoms with Crippen LogP contribution in [0, 0.1) is 5.92 Å². The molecule has 0 radical (unpaired) electrons. The van der Waals surface area contributed by atoms with Gasteiger partial charge in [0.25, 0.3) is 5.91 Å². The largest absolute Gasteiger partial charge is 0.348 e. The summed E-state index contributed by atoms with van der Waals surface area (Å²) in [5.41, 5.74) is 0.322. The molecule has 1 unspecified atom stereocenters. The van der Waals surface area contributed by atoms with Gasteiger partial charge in [-0.25, -0.2) is 9.97 Å². The molecule has 1 atom stereocenters. The molecule has 2 amide bonds. The molecule has 1 aromatic heterocycles. The van der Waals surface area contributed by atoms with Gasteiger partial charge in [-0.05, 0) is 0 Å². The molecule has 0 saturated heterocycles. The summed E-state index contributed by atoms with van der Waals surface area (Å²) in [5.74, 6) is -1.62. The molecular weight excluding hydrogens is 208 g/mol. The van der Waals surface area contributed by atoms with Crippen LogP contribution in [0.15, 0.2) is 17.5 Å². The van der Waals surface area contributed by atoms with Crippen LogP contribution >= 0.6 is 0 Å². The summed E-state index contributed by atoms with van der Waals surface area (Å²) in [6, 6.07) is 0. The molecule has 6 nitrogen and oxygen atoms in total. The summed E-state index contributed by atoms with van der Waals surface area (Å²) in [6.07, 6.45) is 4.40. The minimum atomic E-state index is -0.853. The Morgan fingerprint density at radius 1 is 1.44 bits per heavy atom. The van der Waals surface area contributed by atoms with Crippen molar-refractivity contribution in [2.75, 3.05) is 14.1 Å². The third kappa shape index (κ3) is 1.69. The monoisotopic (exact) mass is 218 g/mol. The molecule has 2 rings (SSSR count). The van der Waals surface area contributed by atoms with Crippen LogP contribution in [-0.4, -0.2) is 40.8 Å². The lowest BCUT2D eigenvalue weighted by Gasteiger charge is -2.16. The molecule has 0 fully saturated rings. The lowest BCUT2D eigenvalue weighted by Crippen LogP contribution is -2.41. The van der Waals surface area contributed by atoms with E-state index in [4.69, 9.17) is 0 Å². The predicted molar refractivity (Wildman–Crippen MR) is 54.5 cm³/mol. The molecule has 2 heterocycles. The molecule has 1 aliphatic rings. The highest BCUT2D eigenvalue weighted by Crippen LogP contribution is 2.06. The van der Waals surface area contributed by atoms with Gasteiger partial charge >= 0.3 is 0 Å². The first-order valence-electron chi connectivity index (χ1n) is 4.71. The van der Waals surface area contributed by atoms with Gasteiger partial charge in [-0.15, -0.1) is 0 Å². The summed E-state index contributed by atoms with van der Waals surface area (Å²) in [4.78, 5) is 36.1. The van der Waals surface area contributed by atoms with Crippen LogP contribution in [0.2, 0.25) is 0 Å². The first-order valence-corrected chi connectivity index (χ1v) is 4.71. The second-order valence-corrected chi connectivity index (χ2v) is 3.63. The third-order valence-corrected chi connectivity index (χ3v) is 2.25. The van der Waals surface area contributed by atoms with Crippen molar-refractivity contribution in [1.29, 1.82) is 0 Å². The van der Waals surface area contributed by atoms with Gasteiger partial charge in [-0.3, -0.25) is 9.59 Å². The Hall–Kier alpha value is -2.11. The van der Waals surface area contributed by atoms with Gasteiger partial charge < -0.3 is 4.90 Å². The van der Waals surface area contributed by atoms with Crippen molar-refractivity contribution in [2.24, 2.45) is 10.9 Å². The van der Waals surface area contributed by atoms with Crippen LogP contribution in [0.3, 0.4) is 0 Å². The zero-order valence-corrected chi connectivity index (χ0v) is 8.91. The maximum atomic E-state index is 11.7. The van der Waals surface area contributed by atoms with Crippen LogP contribution in [0.25, 0.3) is 6.08 Å². The van der Waals surface area contributed by atoms with Crippen molar-refractivity contribution in [3.8, 4) is 0 Å². The summed E-state index contributed by atoms with van der Waals surface area (Å²) in [6.45, 7) is 0. The number of hydrogen-bond acceptors (Lipinski definition) is 4. The Labute approximate surface area is 91.3 Å². The minimum absolute atomic E-state index is 0.289. The minimum Gasteiger partial charge on any atom is -0.348 e. The molecule has 1 aromatic rings. The average molecular weight is 218 g/mol. The number of carbonyl (C=O) groups is 2. The van der Waals surface area contributed by atoms with E-state index in [2.05, 4.69) is 15.0 Å². The Kier molecular flexibility index (Phi) is 2.47. The zero-order chi connectivity index (χ0) is 11.7. The maximum Gasteiger partial charge on any atom is 0.264 e. The lowest BCUT2D eigenvalue weighted by atomic mass is 10.0. The number of aromatic nitrogens is 2. The second kappa shape index (κ2) is 3.80. The topological polar surface area (TPSA) is 75.5 Å². The van der Waals surface area contributed by atoms with Gasteiger partial charge in [-0.2, -0.15) is 4.99 Å². The highest BCUT2D eigenvalue weighted by atomic mass is 16.2. The van der Waals surface area contributed by atoms with E-state index in [0.29, 0.717) is 10.7 Å². The summed E-state index contributed by atoms with van der Waals surface area (Å²) in [5, 5.41) is 0.613. The van der Waals surface area contributed by atoms with Gasteiger partial charge in [0.15, 0.2) is 5.49 Å². The molecule has 0 aromatic carbocycles. The van der Waals surface area contributed by atoms with E-state index in [0.717, 1.165) is 0 Å². The Balaban J connectivity index is 2.52. The quantitative estimate of drug-likeness (QED) is 0.517. The van der Waals surface area contributed by atoms with E-state index < -0.39 is 11.8 Å². The number of fused-ring (bicyclic) bond motifs is 1. The van der Waals surface area contributed by atoms with Gasteiger partial charge in [-0.1, -0.05) is 6.08 Å². The van der Waals surface area contributed by atoms with Crippen molar-refractivity contribution < 1.29 is 9.59 Å². The molecular formula is C10H10N4O2. The van der Waals surface area contributed by atoms with Crippen LogP contribution < -0.4 is 10.7 Å². The smallest absolute Gasteiger partial charge is 0.264 e. The molecule has 0 aliphatic carbocycles. The highest BCUT2D eigenvalue weighted by Gasteiger charge is 2.27. The molecule has 16 heavy (non-hydrogen) atoms. The van der Waals surface area contributed by atoms with Crippen LogP contribution in [-0.2, 0) is 9.59 Å². The van der Waals surface area contributed by atoms with E-state index in [1.165, 1.54) is 17.4 Å². The summed E-state index contributed by atoms with van der Waals surface area (Å²) < 4.78 is 0. The molecule has 1 aliphatic heterocycles. The molecule has 6 heteroatoms. The molecule has 82 valence electrons. The van der Waals surface area contributed by atoms with E-state index in [1.807, 2.05) is 0 Å². The lowest BCUT2D eigenvalue weighted by molar-refractivity contribution is -0.136. The SMILES string of the molecule is CN(C)C(=O)C1C=c2cncnc2=NC1=O. The van der Waals surface area contributed by atoms with Crippen molar-refractivity contribution in [3.63, 3.8) is 0 Å². The van der Waals surface area contributed by atoms with Gasteiger partial charge in [0.2, 0.25) is 5.91 Å². The van der Waals surface area contributed by atoms with Crippen molar-refractivity contribution >= 4 is 17.9 Å². The Morgan fingerprint density at radius 3 is 2.88 bits per heavy atom. The number of carbonyl (C=O) groups excluding carboxylic acids is 2. The van der Waals surface area contributed by atoms with E-state index in [-0.39, 0.29) is 5.91 Å². The van der Waals surface area contributed by atoms with E-state index in [1.54, 1.807) is 20.2 Å². The number of rotatable bonds is 1. The van der Waals surface area contributed by atoms with E-state index >= 15 is 0 Å². The van der Waals surface area contributed by atoms with E-state index in [9.17, 15) is 9.59 Å². The fraction of sp³-hybridized carbons (Fsp3) is 0.300. The Morgan fingerprint density at radius 2 is 2.19 bits per heavy atom. The van der Waals surface area contributed by atoms with Crippen molar-refractivity contribution in [1.82, 2.24) is 14.9 Å². The summed E-state index contributed by atoms with van der Waals surface area (Å²) >= 11 is 0. The first kappa shape index (κ1) is 10.4. The zero-order valence-electron chi connectivity index (χ0n) is 8.91. The fourth-order valence-corrected chi connectivity index (χ4v) is 1.42. The molecule has 0 saturated carbocycles. The van der Waals surface area contributed by atoms with Crippen molar-refractivity contribution in [3.05, 3.63) is 23.2 Å². The van der Waals surface area contributed by atoms with Gasteiger partial charge in [0.1, 0.15) is 12.2 Å². The van der Waals surface area contributed by atoms with Crippen LogP contribution in [0.5, 0.6) is 0 Å². The average Bonchev–Trinajstić information content (AvgIpc) is 2.27. The molecule has 0 bridgehead atoms.